The predicted octanol–water partition coefficient (Wildman–Crippen LogP) is 26.3. The predicted molar refractivity (Wildman–Crippen MR) is 380 cm³/mol. The Bertz CT molecular complexity index is 1300. The molecule has 0 heterocycles. The fraction of sp³-hybridized carbons (Fsp3) is 0.950. The van der Waals surface area contributed by atoms with Gasteiger partial charge in [-0.1, -0.05) is 411 Å². The maximum absolute atomic E-state index is 12.6. The van der Waals surface area contributed by atoms with Gasteiger partial charge in [-0.15, -0.1) is 0 Å². The number of nitrogens with one attached hydrogen (secondary N) is 1. The third kappa shape index (κ3) is 71.7. The molecule has 0 aromatic rings. The third-order valence-corrected chi connectivity index (χ3v) is 19.1. The molecular formula is C80H157NO5. The van der Waals surface area contributed by atoms with Crippen LogP contribution in [0.15, 0.2) is 12.2 Å². The summed E-state index contributed by atoms with van der Waals surface area (Å²) in [6.07, 6.45) is 96.0. The van der Waals surface area contributed by atoms with Crippen molar-refractivity contribution in [3.8, 4) is 0 Å². The van der Waals surface area contributed by atoms with Gasteiger partial charge in [0.1, 0.15) is 0 Å². The second-order valence-corrected chi connectivity index (χ2v) is 27.8. The van der Waals surface area contributed by atoms with E-state index in [4.69, 9.17) is 4.74 Å². The molecule has 0 aliphatic rings. The summed E-state index contributed by atoms with van der Waals surface area (Å²) in [5, 5.41) is 23.5. The average Bonchev–Trinajstić information content (AvgIpc) is 3.54. The highest BCUT2D eigenvalue weighted by atomic mass is 16.5. The van der Waals surface area contributed by atoms with Crippen LogP contribution in [0.4, 0.5) is 0 Å². The first-order valence-corrected chi connectivity index (χ1v) is 39.9. The van der Waals surface area contributed by atoms with Gasteiger partial charge in [-0.2, -0.15) is 0 Å². The van der Waals surface area contributed by atoms with E-state index in [9.17, 15) is 19.8 Å². The molecule has 0 saturated heterocycles. The normalized spacial score (nSPS) is 12.5. The highest BCUT2D eigenvalue weighted by molar-refractivity contribution is 5.76. The van der Waals surface area contributed by atoms with Gasteiger partial charge in [0, 0.05) is 12.8 Å². The smallest absolute Gasteiger partial charge is 0.305 e. The fourth-order valence-corrected chi connectivity index (χ4v) is 13.0. The van der Waals surface area contributed by atoms with Crippen LogP contribution < -0.4 is 5.32 Å². The van der Waals surface area contributed by atoms with Crippen molar-refractivity contribution in [2.24, 2.45) is 0 Å². The maximum atomic E-state index is 12.6. The highest BCUT2D eigenvalue weighted by Crippen LogP contribution is 2.20. The number of hydrogen-bond acceptors (Lipinski definition) is 5. The molecule has 3 N–H and O–H groups in total. The number of allylic oxidation sites excluding steroid dienone is 2. The van der Waals surface area contributed by atoms with E-state index in [2.05, 4.69) is 31.3 Å². The van der Waals surface area contributed by atoms with Crippen LogP contribution in [0.25, 0.3) is 0 Å². The fourth-order valence-electron chi connectivity index (χ4n) is 13.0. The minimum absolute atomic E-state index is 0.0135. The Morgan fingerprint density at radius 3 is 0.849 bits per heavy atom. The Hall–Kier alpha value is -1.40. The van der Waals surface area contributed by atoms with Crippen molar-refractivity contribution in [3.05, 3.63) is 12.2 Å². The van der Waals surface area contributed by atoms with Crippen LogP contribution in [0.5, 0.6) is 0 Å². The molecule has 0 radical (unpaired) electrons. The lowest BCUT2D eigenvalue weighted by Gasteiger charge is -2.22. The van der Waals surface area contributed by atoms with Gasteiger partial charge in [0.15, 0.2) is 0 Å². The first kappa shape index (κ1) is 84.6. The minimum atomic E-state index is -0.661. The van der Waals surface area contributed by atoms with Crippen molar-refractivity contribution in [2.45, 2.75) is 475 Å². The zero-order valence-electron chi connectivity index (χ0n) is 58.8. The largest absolute Gasteiger partial charge is 0.466 e. The minimum Gasteiger partial charge on any atom is -0.466 e. The van der Waals surface area contributed by atoms with Crippen molar-refractivity contribution < 1.29 is 24.5 Å². The van der Waals surface area contributed by atoms with E-state index in [1.54, 1.807) is 0 Å². The van der Waals surface area contributed by atoms with E-state index in [1.165, 1.54) is 385 Å². The molecule has 0 spiro atoms. The summed E-state index contributed by atoms with van der Waals surface area (Å²) >= 11 is 0. The first-order valence-electron chi connectivity index (χ1n) is 39.9. The van der Waals surface area contributed by atoms with Crippen LogP contribution in [-0.2, 0) is 14.3 Å². The Balaban J connectivity index is 3.31. The van der Waals surface area contributed by atoms with Gasteiger partial charge in [-0.25, -0.2) is 0 Å². The number of carbonyl (C=O) groups is 2. The molecule has 6 nitrogen and oxygen atoms in total. The number of unbranched alkanes of at least 4 members (excludes halogenated alkanes) is 63. The Labute approximate surface area is 539 Å². The molecule has 0 aliphatic carbocycles. The number of aliphatic hydroxyl groups is 2. The molecule has 0 bridgehead atoms. The van der Waals surface area contributed by atoms with Gasteiger partial charge in [0.2, 0.25) is 5.91 Å². The van der Waals surface area contributed by atoms with Gasteiger partial charge < -0.3 is 20.3 Å². The van der Waals surface area contributed by atoms with Crippen LogP contribution in [0.2, 0.25) is 0 Å². The molecule has 0 rings (SSSR count). The van der Waals surface area contributed by atoms with Crippen LogP contribution in [0.1, 0.15) is 463 Å². The number of amides is 1. The topological polar surface area (TPSA) is 95.9 Å². The molecule has 86 heavy (non-hydrogen) atoms. The van der Waals surface area contributed by atoms with Gasteiger partial charge in [0.25, 0.3) is 0 Å². The van der Waals surface area contributed by atoms with Gasteiger partial charge in [-0.3, -0.25) is 9.59 Å². The summed E-state index contributed by atoms with van der Waals surface area (Å²) in [5.74, 6) is -0.0102. The number of esters is 1. The summed E-state index contributed by atoms with van der Waals surface area (Å²) in [6, 6.07) is -0.538. The summed E-state index contributed by atoms with van der Waals surface area (Å²) in [4.78, 5) is 24.6. The summed E-state index contributed by atoms with van der Waals surface area (Å²) in [6.45, 7) is 4.98. The van der Waals surface area contributed by atoms with Gasteiger partial charge >= 0.3 is 5.97 Å². The number of rotatable bonds is 76. The summed E-state index contributed by atoms with van der Waals surface area (Å²) < 4.78 is 5.48. The molecule has 1 amide bonds. The van der Waals surface area contributed by atoms with Crippen LogP contribution in [0.3, 0.4) is 0 Å². The van der Waals surface area contributed by atoms with Crippen molar-refractivity contribution in [1.29, 1.82) is 0 Å². The number of carbonyl (C=O) groups excluding carboxylic acids is 2. The SMILES string of the molecule is CCCCC/C=C\CCCCCCCC(=O)OCCCCCCCCCCCCCCCCCCCCCCCCCCCCCCCCCCCCCC(=O)NC(CO)C(O)CCCCCCCCCCCCCCCCCCCCCCCC. The van der Waals surface area contributed by atoms with Crippen molar-refractivity contribution in [1.82, 2.24) is 5.32 Å². The van der Waals surface area contributed by atoms with E-state index in [0.717, 1.165) is 44.9 Å². The maximum Gasteiger partial charge on any atom is 0.305 e. The quantitative estimate of drug-likeness (QED) is 0.0320. The summed E-state index contributed by atoms with van der Waals surface area (Å²) in [7, 11) is 0. The Kier molecular flexibility index (Phi) is 74.8. The van der Waals surface area contributed by atoms with Gasteiger partial charge in [0.05, 0.1) is 25.4 Å². The van der Waals surface area contributed by atoms with Gasteiger partial charge in [-0.05, 0) is 51.4 Å². The Morgan fingerprint density at radius 1 is 0.314 bits per heavy atom. The molecule has 0 aromatic carbocycles. The monoisotopic (exact) mass is 1210 g/mol. The molecule has 512 valence electrons. The first-order chi connectivity index (χ1) is 42.5. The standard InChI is InChI=1S/C80H157NO5/c1-3-5-7-9-11-13-15-17-18-19-20-21-37-40-43-46-49-52-56-60-64-68-72-78(83)77(76-82)81-79(84)73-69-65-61-57-53-50-47-44-41-38-35-33-31-29-27-25-23-22-24-26-28-30-32-34-36-39-42-45-48-51-55-59-63-67-71-75-86-80(85)74-70-66-62-58-54-16-14-12-10-8-6-4-2/h12,14,77-78,82-83H,3-11,13,15-76H2,1-2H3,(H,81,84)/b14-12-. The van der Waals surface area contributed by atoms with Crippen LogP contribution >= 0.6 is 0 Å². The van der Waals surface area contributed by atoms with Crippen LogP contribution in [-0.4, -0.2) is 47.4 Å². The van der Waals surface area contributed by atoms with E-state index < -0.39 is 12.1 Å². The van der Waals surface area contributed by atoms with E-state index in [1.807, 2.05) is 0 Å². The van der Waals surface area contributed by atoms with Crippen molar-refractivity contribution >= 4 is 11.9 Å². The lowest BCUT2D eigenvalue weighted by Crippen LogP contribution is -2.45. The van der Waals surface area contributed by atoms with E-state index in [0.29, 0.717) is 25.9 Å². The zero-order valence-corrected chi connectivity index (χ0v) is 58.8. The van der Waals surface area contributed by atoms with Crippen molar-refractivity contribution in [3.63, 3.8) is 0 Å². The molecular weight excluding hydrogens is 1050 g/mol. The molecule has 2 atom stereocenters. The molecule has 6 heteroatoms. The average molecular weight is 1210 g/mol. The molecule has 0 aliphatic heterocycles. The highest BCUT2D eigenvalue weighted by Gasteiger charge is 2.20. The number of ether oxygens (including phenoxy) is 1. The molecule has 0 saturated carbocycles. The Morgan fingerprint density at radius 2 is 0.547 bits per heavy atom. The summed E-state index contributed by atoms with van der Waals surface area (Å²) in [5.41, 5.74) is 0. The number of aliphatic hydroxyl groups excluding tert-OH is 2. The van der Waals surface area contributed by atoms with E-state index >= 15 is 0 Å². The van der Waals surface area contributed by atoms with E-state index in [-0.39, 0.29) is 18.5 Å². The zero-order chi connectivity index (χ0) is 62.0. The molecule has 0 fully saturated rings. The lowest BCUT2D eigenvalue weighted by molar-refractivity contribution is -0.143. The van der Waals surface area contributed by atoms with Crippen molar-refractivity contribution in [2.75, 3.05) is 13.2 Å². The second-order valence-electron chi connectivity index (χ2n) is 27.8. The second kappa shape index (κ2) is 76.1. The lowest BCUT2D eigenvalue weighted by atomic mass is 10.0. The third-order valence-electron chi connectivity index (χ3n) is 19.1. The van der Waals surface area contributed by atoms with Crippen LogP contribution in [0, 0.1) is 0 Å². The number of hydrogen-bond donors (Lipinski definition) is 3. The molecule has 0 aromatic heterocycles. The molecule has 2 unspecified atom stereocenters.